The van der Waals surface area contributed by atoms with Gasteiger partial charge in [0.25, 0.3) is 0 Å². The summed E-state index contributed by atoms with van der Waals surface area (Å²) < 4.78 is 128. The number of alkyl halides is 9. The number of nitrogens with zero attached hydrogens (tertiary/aromatic N) is 2. The minimum atomic E-state index is -4.73. The van der Waals surface area contributed by atoms with E-state index in [9.17, 15) is 49.6 Å². The Kier molecular flexibility index (Phi) is 14.1. The molecule has 3 aromatic carbocycles. The quantitative estimate of drug-likeness (QED) is 0.120. The molecular formula is C36H46BF9N2O3. The Bertz CT molecular complexity index is 1430. The highest BCUT2D eigenvalue weighted by atomic mass is 19.4. The number of benzene rings is 3. The van der Waals surface area contributed by atoms with Crippen LogP contribution >= 0.6 is 0 Å². The van der Waals surface area contributed by atoms with Gasteiger partial charge < -0.3 is 23.7 Å². The van der Waals surface area contributed by atoms with Gasteiger partial charge in [0.05, 0.1) is 91.4 Å². The molecule has 0 amide bonds. The highest BCUT2D eigenvalue weighted by Crippen LogP contribution is 2.57. The van der Waals surface area contributed by atoms with Gasteiger partial charge in [-0.15, -0.1) is 0 Å². The van der Waals surface area contributed by atoms with E-state index < -0.39 is 53.6 Å². The molecule has 4 rings (SSSR count). The molecule has 1 aliphatic carbocycles. The highest BCUT2D eigenvalue weighted by Gasteiger charge is 2.55. The van der Waals surface area contributed by atoms with Crippen LogP contribution in [0.1, 0.15) is 65.5 Å². The van der Waals surface area contributed by atoms with E-state index in [2.05, 4.69) is 56.4 Å². The van der Waals surface area contributed by atoms with Crippen molar-refractivity contribution in [3.05, 3.63) is 106 Å². The van der Waals surface area contributed by atoms with Crippen LogP contribution in [0.5, 0.6) is 0 Å². The predicted octanol–water partition coefficient (Wildman–Crippen LogP) is 7.26. The van der Waals surface area contributed by atoms with Crippen molar-refractivity contribution >= 4 is 7.32 Å². The van der Waals surface area contributed by atoms with Crippen molar-refractivity contribution in [2.75, 3.05) is 56.4 Å². The largest absolute Gasteiger partial charge is 0.871 e. The standard InChI is InChI=1S/C28H22BF9O3.2C4H12N/c30-26(31,32)21-10-4-18(5-11-21)24(19-6-12-22(13-7-19)27(33,34)35)16-2-1-3-17-25(24,41-29(39)40)20-8-14-23(15-9-20)28(36,37)38;2*1-5(2,3)4/h4-15H,1-3,16-17H2;2*1-4H3/q-2;2*+1. The van der Waals surface area contributed by atoms with Gasteiger partial charge in [-0.3, -0.25) is 0 Å². The van der Waals surface area contributed by atoms with Crippen LogP contribution in [0.4, 0.5) is 39.5 Å². The number of rotatable bonds is 5. The molecule has 0 saturated heterocycles. The average molecular weight is 737 g/mol. The van der Waals surface area contributed by atoms with E-state index in [0.29, 0.717) is 19.3 Å². The molecule has 0 spiro atoms. The number of quaternary nitrogens is 2. The molecule has 1 saturated carbocycles. The van der Waals surface area contributed by atoms with Crippen molar-refractivity contribution in [3.8, 4) is 0 Å². The second kappa shape index (κ2) is 16.3. The summed E-state index contributed by atoms with van der Waals surface area (Å²) in [6.07, 6.45) is -13.2. The summed E-state index contributed by atoms with van der Waals surface area (Å²) in [6.45, 7) is 0. The highest BCUT2D eigenvalue weighted by molar-refractivity contribution is 6.28. The summed E-state index contributed by atoms with van der Waals surface area (Å²) in [7, 11) is 14.0. The normalized spacial score (nSPS) is 18.4. The molecule has 1 fully saturated rings. The van der Waals surface area contributed by atoms with E-state index in [4.69, 9.17) is 4.65 Å². The van der Waals surface area contributed by atoms with Gasteiger partial charge in [-0.2, -0.15) is 39.5 Å². The Labute approximate surface area is 294 Å². The second-order valence-electron chi connectivity index (χ2n) is 15.3. The Morgan fingerprint density at radius 2 is 0.765 bits per heavy atom. The summed E-state index contributed by atoms with van der Waals surface area (Å²) in [5.41, 5.74) is -6.72. The van der Waals surface area contributed by atoms with Crippen LogP contribution in [-0.2, 0) is 34.2 Å². The van der Waals surface area contributed by atoms with Crippen LogP contribution < -0.4 is 10.0 Å². The molecule has 15 heteroatoms. The topological polar surface area (TPSA) is 55.3 Å². The zero-order valence-electron chi connectivity index (χ0n) is 30.1. The predicted molar refractivity (Wildman–Crippen MR) is 175 cm³/mol. The van der Waals surface area contributed by atoms with Crippen LogP contribution in [0.25, 0.3) is 0 Å². The molecule has 0 aromatic heterocycles. The monoisotopic (exact) mass is 736 g/mol. The van der Waals surface area contributed by atoms with Crippen LogP contribution in [-0.4, -0.2) is 72.7 Å². The van der Waals surface area contributed by atoms with E-state index in [1.807, 2.05) is 0 Å². The van der Waals surface area contributed by atoms with Gasteiger partial charge >= 0.3 is 18.5 Å². The van der Waals surface area contributed by atoms with Crippen LogP contribution in [0.3, 0.4) is 0 Å². The fourth-order valence-electron chi connectivity index (χ4n) is 5.88. The van der Waals surface area contributed by atoms with Crippen molar-refractivity contribution in [2.45, 2.75) is 61.6 Å². The molecule has 5 nitrogen and oxygen atoms in total. The third kappa shape index (κ3) is 12.5. The zero-order chi connectivity index (χ0) is 39.3. The van der Waals surface area contributed by atoms with Crippen LogP contribution in [0.15, 0.2) is 72.8 Å². The summed E-state index contributed by atoms with van der Waals surface area (Å²) in [4.78, 5) is 0. The molecule has 0 aliphatic heterocycles. The van der Waals surface area contributed by atoms with E-state index in [-0.39, 0.29) is 29.5 Å². The molecule has 3 aromatic rings. The van der Waals surface area contributed by atoms with Gasteiger partial charge in [0.15, 0.2) is 0 Å². The van der Waals surface area contributed by atoms with Crippen LogP contribution in [0, 0.1) is 0 Å². The Morgan fingerprint density at radius 1 is 0.490 bits per heavy atom. The Hall–Kier alpha value is -3.11. The van der Waals surface area contributed by atoms with Crippen LogP contribution in [0.2, 0.25) is 0 Å². The zero-order valence-corrected chi connectivity index (χ0v) is 30.1. The maximum Gasteiger partial charge on any atom is 0.416 e. The molecule has 1 unspecified atom stereocenters. The fourth-order valence-corrected chi connectivity index (χ4v) is 5.88. The Morgan fingerprint density at radius 3 is 1.04 bits per heavy atom. The first-order valence-corrected chi connectivity index (χ1v) is 16.1. The van der Waals surface area contributed by atoms with Gasteiger partial charge in [-0.25, -0.2) is 0 Å². The Balaban J connectivity index is 0.000000793. The van der Waals surface area contributed by atoms with Gasteiger partial charge in [-0.05, 0) is 65.9 Å². The van der Waals surface area contributed by atoms with E-state index in [1.165, 1.54) is 0 Å². The van der Waals surface area contributed by atoms with Gasteiger partial charge in [-0.1, -0.05) is 55.7 Å². The molecule has 1 aliphatic rings. The average Bonchev–Trinajstić information content (AvgIpc) is 3.15. The third-order valence-corrected chi connectivity index (χ3v) is 7.66. The molecular weight excluding hydrogens is 690 g/mol. The first kappa shape index (κ1) is 44.1. The molecule has 0 bridgehead atoms. The minimum absolute atomic E-state index is 0.00251. The number of hydrogen-bond acceptors (Lipinski definition) is 3. The lowest BCUT2D eigenvalue weighted by atomic mass is 9.57. The molecule has 284 valence electrons. The van der Waals surface area contributed by atoms with Crippen molar-refractivity contribution in [2.24, 2.45) is 0 Å². The smallest absolute Gasteiger partial charge is 0.416 e. The lowest BCUT2D eigenvalue weighted by Crippen LogP contribution is -2.60. The summed E-state index contributed by atoms with van der Waals surface area (Å²) in [6, 6.07) is 10.9. The first-order chi connectivity index (χ1) is 23.0. The summed E-state index contributed by atoms with van der Waals surface area (Å²) in [5.74, 6) is 0. The molecule has 0 N–H and O–H groups in total. The SMILES string of the molecule is C[N+](C)(C)C.C[N+](C)(C)C.[O-]B([O-])OC1(c2ccc(C(F)(F)F)cc2)CCCCCC1(c1ccc(C(F)(F)F)cc1)c1ccc(C(F)(F)F)cc1. The maximum atomic E-state index is 13.4. The summed E-state index contributed by atoms with van der Waals surface area (Å²) in [5, 5.41) is 24.4. The van der Waals surface area contributed by atoms with E-state index >= 15 is 0 Å². The minimum Gasteiger partial charge on any atom is -0.871 e. The van der Waals surface area contributed by atoms with E-state index in [0.717, 1.165) is 81.8 Å². The van der Waals surface area contributed by atoms with Crippen molar-refractivity contribution < 1.29 is 63.2 Å². The second-order valence-corrected chi connectivity index (χ2v) is 15.3. The molecule has 0 heterocycles. The fraction of sp³-hybridized carbons (Fsp3) is 0.500. The van der Waals surface area contributed by atoms with Crippen molar-refractivity contribution in [1.29, 1.82) is 0 Å². The van der Waals surface area contributed by atoms with Gasteiger partial charge in [0.2, 0.25) is 0 Å². The van der Waals surface area contributed by atoms with E-state index in [1.54, 1.807) is 0 Å². The lowest BCUT2D eigenvalue weighted by Gasteiger charge is -2.55. The third-order valence-electron chi connectivity index (χ3n) is 7.66. The lowest BCUT2D eigenvalue weighted by molar-refractivity contribution is -0.849. The first-order valence-electron chi connectivity index (χ1n) is 16.1. The number of hydrogen-bond donors (Lipinski definition) is 0. The van der Waals surface area contributed by atoms with Crippen molar-refractivity contribution in [1.82, 2.24) is 0 Å². The summed E-state index contributed by atoms with van der Waals surface area (Å²) >= 11 is 0. The molecule has 1 atom stereocenters. The van der Waals surface area contributed by atoms with Gasteiger partial charge in [0.1, 0.15) is 0 Å². The van der Waals surface area contributed by atoms with Gasteiger partial charge in [0, 0.05) is 0 Å². The maximum absolute atomic E-state index is 13.4. The van der Waals surface area contributed by atoms with Crippen molar-refractivity contribution in [3.63, 3.8) is 0 Å². The molecule has 51 heavy (non-hydrogen) atoms. The number of halogens is 9. The molecule has 0 radical (unpaired) electrons.